The highest BCUT2D eigenvalue weighted by Gasteiger charge is 2.35. The number of hydrogen-bond acceptors (Lipinski definition) is 4. The van der Waals surface area contributed by atoms with E-state index in [1.165, 1.54) is 17.0 Å². The van der Waals surface area contributed by atoms with Crippen molar-refractivity contribution in [1.29, 1.82) is 0 Å². The quantitative estimate of drug-likeness (QED) is 0.722. The van der Waals surface area contributed by atoms with Gasteiger partial charge >= 0.3 is 6.36 Å². The topological polar surface area (TPSA) is 87.7 Å². The third kappa shape index (κ3) is 5.73. The third-order valence-electron chi connectivity index (χ3n) is 3.79. The lowest BCUT2D eigenvalue weighted by Crippen LogP contribution is -2.52. The lowest BCUT2D eigenvalue weighted by Gasteiger charge is -2.35. The molecule has 0 radical (unpaired) electrons. The molecule has 1 unspecified atom stereocenters. The van der Waals surface area contributed by atoms with Crippen molar-refractivity contribution in [3.8, 4) is 5.75 Å². The van der Waals surface area contributed by atoms with Crippen LogP contribution in [0.5, 0.6) is 5.75 Å². The Morgan fingerprint density at radius 1 is 1.33 bits per heavy atom. The van der Waals surface area contributed by atoms with Crippen LogP contribution in [0.3, 0.4) is 0 Å². The second-order valence-corrected chi connectivity index (χ2v) is 5.64. The van der Waals surface area contributed by atoms with Gasteiger partial charge < -0.3 is 20.3 Å². The summed E-state index contributed by atoms with van der Waals surface area (Å²) in [5.41, 5.74) is 0.352. The summed E-state index contributed by atoms with van der Waals surface area (Å²) < 4.78 is 40.6. The Morgan fingerprint density at radius 3 is 2.59 bits per heavy atom. The average molecular weight is 385 g/mol. The Bertz CT molecular complexity index is 719. The molecular formula is C17H18F3N3O4. The van der Waals surface area contributed by atoms with Crippen LogP contribution < -0.4 is 15.4 Å². The van der Waals surface area contributed by atoms with Crippen LogP contribution >= 0.6 is 0 Å². The SMILES string of the molecule is C=CC(=O)NCCC(=O)N1CCNC(=O)C1c1ccc(OC(F)(F)F)cc1. The fourth-order valence-electron chi connectivity index (χ4n) is 2.63. The van der Waals surface area contributed by atoms with E-state index in [1.807, 2.05) is 0 Å². The molecule has 1 fully saturated rings. The van der Waals surface area contributed by atoms with Gasteiger partial charge in [-0.3, -0.25) is 14.4 Å². The standard InChI is InChI=1S/C17H18F3N3O4/c1-2-13(24)21-8-7-14(25)23-10-9-22-16(26)15(23)11-3-5-12(6-4-11)27-17(18,19)20/h2-6,15H,1,7-10H2,(H,21,24)(H,22,26). The van der Waals surface area contributed by atoms with Crippen molar-refractivity contribution in [3.63, 3.8) is 0 Å². The summed E-state index contributed by atoms with van der Waals surface area (Å²) in [4.78, 5) is 37.2. The number of carbonyl (C=O) groups is 3. The lowest BCUT2D eigenvalue weighted by atomic mass is 10.0. The van der Waals surface area contributed by atoms with Crippen LogP contribution in [0.4, 0.5) is 13.2 Å². The molecule has 1 saturated heterocycles. The molecule has 1 atom stereocenters. The second-order valence-electron chi connectivity index (χ2n) is 5.64. The first-order chi connectivity index (χ1) is 12.7. The zero-order chi connectivity index (χ0) is 20.0. The van der Waals surface area contributed by atoms with Gasteiger partial charge in [-0.05, 0) is 23.8 Å². The van der Waals surface area contributed by atoms with Crippen LogP contribution in [0.25, 0.3) is 0 Å². The molecule has 0 spiro atoms. The number of hydrogen-bond donors (Lipinski definition) is 2. The van der Waals surface area contributed by atoms with Gasteiger partial charge in [-0.25, -0.2) is 0 Å². The summed E-state index contributed by atoms with van der Waals surface area (Å²) >= 11 is 0. The van der Waals surface area contributed by atoms with Crippen LogP contribution in [-0.4, -0.2) is 48.6 Å². The minimum Gasteiger partial charge on any atom is -0.406 e. The number of alkyl halides is 3. The van der Waals surface area contributed by atoms with Crippen LogP contribution in [0, 0.1) is 0 Å². The van der Waals surface area contributed by atoms with Crippen molar-refractivity contribution in [2.24, 2.45) is 0 Å². The first-order valence-electron chi connectivity index (χ1n) is 8.04. The first-order valence-corrected chi connectivity index (χ1v) is 8.04. The molecule has 1 aromatic rings. The Balaban J connectivity index is 2.11. The molecule has 0 bridgehead atoms. The fraction of sp³-hybridized carbons (Fsp3) is 0.353. The van der Waals surface area contributed by atoms with E-state index in [4.69, 9.17) is 0 Å². The molecule has 3 amide bonds. The van der Waals surface area contributed by atoms with Crippen molar-refractivity contribution >= 4 is 17.7 Å². The van der Waals surface area contributed by atoms with Crippen molar-refractivity contribution in [2.75, 3.05) is 19.6 Å². The van der Waals surface area contributed by atoms with Gasteiger partial charge in [-0.1, -0.05) is 18.7 Å². The fourth-order valence-corrected chi connectivity index (χ4v) is 2.63. The zero-order valence-corrected chi connectivity index (χ0v) is 14.2. The van der Waals surface area contributed by atoms with E-state index in [1.54, 1.807) is 0 Å². The van der Waals surface area contributed by atoms with E-state index in [9.17, 15) is 27.6 Å². The number of carbonyl (C=O) groups excluding carboxylic acids is 3. The molecule has 10 heteroatoms. The van der Waals surface area contributed by atoms with Gasteiger partial charge in [0.2, 0.25) is 17.7 Å². The highest BCUT2D eigenvalue weighted by atomic mass is 19.4. The molecule has 1 aromatic carbocycles. The summed E-state index contributed by atoms with van der Waals surface area (Å²) in [7, 11) is 0. The minimum absolute atomic E-state index is 0.0291. The number of ether oxygens (including phenoxy) is 1. The van der Waals surface area contributed by atoms with Crippen LogP contribution in [-0.2, 0) is 14.4 Å². The normalized spacial score (nSPS) is 17.1. The van der Waals surface area contributed by atoms with Crippen molar-refractivity contribution in [3.05, 3.63) is 42.5 Å². The Morgan fingerprint density at radius 2 is 2.00 bits per heavy atom. The maximum atomic E-state index is 12.4. The summed E-state index contributed by atoms with van der Waals surface area (Å²) in [5.74, 6) is -1.65. The largest absolute Gasteiger partial charge is 0.573 e. The van der Waals surface area contributed by atoms with Gasteiger partial charge in [0, 0.05) is 26.1 Å². The highest BCUT2D eigenvalue weighted by molar-refractivity contribution is 5.90. The average Bonchev–Trinajstić information content (AvgIpc) is 2.60. The van der Waals surface area contributed by atoms with Crippen molar-refractivity contribution in [1.82, 2.24) is 15.5 Å². The number of amides is 3. The summed E-state index contributed by atoms with van der Waals surface area (Å²) in [6, 6.07) is 3.80. The van der Waals surface area contributed by atoms with Gasteiger partial charge in [0.05, 0.1) is 0 Å². The van der Waals surface area contributed by atoms with E-state index < -0.39 is 30.0 Å². The predicted octanol–water partition coefficient (Wildman–Crippen LogP) is 1.28. The maximum absolute atomic E-state index is 12.4. The van der Waals surface area contributed by atoms with Crippen LogP contribution in [0.15, 0.2) is 36.9 Å². The van der Waals surface area contributed by atoms with Gasteiger partial charge in [-0.2, -0.15) is 0 Å². The van der Waals surface area contributed by atoms with Gasteiger partial charge in [0.1, 0.15) is 11.8 Å². The third-order valence-corrected chi connectivity index (χ3v) is 3.79. The predicted molar refractivity (Wildman–Crippen MR) is 88.4 cm³/mol. The smallest absolute Gasteiger partial charge is 0.406 e. The first kappa shape index (κ1) is 20.3. The summed E-state index contributed by atoms with van der Waals surface area (Å²) in [6.07, 6.45) is -3.77. The Kier molecular flexibility index (Phi) is 6.43. The van der Waals surface area contributed by atoms with E-state index in [0.29, 0.717) is 5.56 Å². The number of nitrogens with one attached hydrogen (secondary N) is 2. The number of nitrogens with zero attached hydrogens (tertiary/aromatic N) is 1. The molecule has 1 aliphatic heterocycles. The lowest BCUT2D eigenvalue weighted by molar-refractivity contribution is -0.274. The molecule has 2 N–H and O–H groups in total. The van der Waals surface area contributed by atoms with Crippen molar-refractivity contribution in [2.45, 2.75) is 18.8 Å². The molecule has 1 aliphatic rings. The van der Waals surface area contributed by atoms with E-state index in [2.05, 4.69) is 21.9 Å². The molecular weight excluding hydrogens is 367 g/mol. The maximum Gasteiger partial charge on any atom is 0.573 e. The van der Waals surface area contributed by atoms with E-state index in [0.717, 1.165) is 18.2 Å². The van der Waals surface area contributed by atoms with Gasteiger partial charge in [0.25, 0.3) is 0 Å². The number of halogens is 3. The summed E-state index contributed by atoms with van der Waals surface area (Å²) in [5, 5.41) is 5.09. The van der Waals surface area contributed by atoms with Crippen molar-refractivity contribution < 1.29 is 32.3 Å². The minimum atomic E-state index is -4.82. The number of piperazine rings is 1. The zero-order valence-electron chi connectivity index (χ0n) is 14.2. The molecule has 0 aliphatic carbocycles. The van der Waals surface area contributed by atoms with E-state index >= 15 is 0 Å². The van der Waals surface area contributed by atoms with Crippen LogP contribution in [0.2, 0.25) is 0 Å². The molecule has 27 heavy (non-hydrogen) atoms. The Hall–Kier alpha value is -3.04. The summed E-state index contributed by atoms with van der Waals surface area (Å²) in [6.45, 7) is 3.88. The molecule has 7 nitrogen and oxygen atoms in total. The number of rotatable bonds is 6. The highest BCUT2D eigenvalue weighted by Crippen LogP contribution is 2.28. The Labute approximate surface area is 153 Å². The molecule has 1 heterocycles. The van der Waals surface area contributed by atoms with Crippen LogP contribution in [0.1, 0.15) is 18.0 Å². The van der Waals surface area contributed by atoms with E-state index in [-0.39, 0.29) is 32.0 Å². The second kappa shape index (κ2) is 8.56. The molecule has 0 aromatic heterocycles. The number of benzene rings is 1. The molecule has 146 valence electrons. The molecule has 2 rings (SSSR count). The van der Waals surface area contributed by atoms with Gasteiger partial charge in [-0.15, -0.1) is 13.2 Å². The van der Waals surface area contributed by atoms with Gasteiger partial charge in [0.15, 0.2) is 0 Å². The molecule has 0 saturated carbocycles. The monoisotopic (exact) mass is 385 g/mol.